The van der Waals surface area contributed by atoms with E-state index in [0.717, 1.165) is 28.4 Å². The SMILES string of the molecule is CC(C)S1(=O)=C2Cc3ccccc3OC2=CC=C1. The van der Waals surface area contributed by atoms with Gasteiger partial charge in [0.1, 0.15) is 11.5 Å². The number of rotatable bonds is 1. The van der Waals surface area contributed by atoms with Gasteiger partial charge in [-0.05, 0) is 23.1 Å². The van der Waals surface area contributed by atoms with Gasteiger partial charge in [0.05, 0.1) is 4.86 Å². The Morgan fingerprint density at radius 2 is 2.06 bits per heavy atom. The monoisotopic (exact) mass is 260 g/mol. The molecule has 18 heavy (non-hydrogen) atoms. The van der Waals surface area contributed by atoms with Gasteiger partial charge in [-0.15, -0.1) is 0 Å². The lowest BCUT2D eigenvalue weighted by Gasteiger charge is -2.27. The van der Waals surface area contributed by atoms with Gasteiger partial charge in [0.15, 0.2) is 0 Å². The number of allylic oxidation sites excluding steroid dienone is 3. The molecule has 0 fully saturated rings. The van der Waals surface area contributed by atoms with Gasteiger partial charge in [-0.1, -0.05) is 38.1 Å². The number of hydrogen-bond donors (Lipinski definition) is 0. The van der Waals surface area contributed by atoms with E-state index in [1.807, 2.05) is 55.7 Å². The fourth-order valence-corrected chi connectivity index (χ4v) is 4.51. The van der Waals surface area contributed by atoms with E-state index in [4.69, 9.17) is 4.74 Å². The minimum absolute atomic E-state index is 0.0984. The first-order valence-corrected chi connectivity index (χ1v) is 7.83. The Hall–Kier alpha value is -1.48. The molecule has 94 valence electrons. The van der Waals surface area contributed by atoms with Crippen LogP contribution in [0.25, 0.3) is 0 Å². The van der Waals surface area contributed by atoms with E-state index in [2.05, 4.69) is 0 Å². The predicted molar refractivity (Wildman–Crippen MR) is 76.3 cm³/mol. The molecule has 0 radical (unpaired) electrons. The first-order chi connectivity index (χ1) is 8.61. The number of benzene rings is 1. The number of hydrogen-bond acceptors (Lipinski definition) is 2. The molecule has 1 aromatic rings. The number of fused-ring (bicyclic) bond motifs is 2. The van der Waals surface area contributed by atoms with Gasteiger partial charge in [0.25, 0.3) is 0 Å². The minimum atomic E-state index is -2.11. The van der Waals surface area contributed by atoms with Gasteiger partial charge in [-0.25, -0.2) is 0 Å². The number of para-hydroxylation sites is 1. The number of ether oxygens (including phenoxy) is 1. The normalized spacial score (nSPS) is 25.3. The van der Waals surface area contributed by atoms with E-state index in [-0.39, 0.29) is 5.25 Å². The van der Waals surface area contributed by atoms with Crippen LogP contribution in [0.3, 0.4) is 0 Å². The summed E-state index contributed by atoms with van der Waals surface area (Å²) in [7, 11) is -2.11. The molecule has 3 heteroatoms. The van der Waals surface area contributed by atoms with Crippen molar-refractivity contribution >= 4 is 14.4 Å². The molecule has 1 atom stereocenters. The third-order valence-corrected chi connectivity index (χ3v) is 6.51. The molecule has 2 aliphatic rings. The van der Waals surface area contributed by atoms with Crippen LogP contribution in [0, 0.1) is 0 Å². The lowest BCUT2D eigenvalue weighted by Crippen LogP contribution is -2.30. The van der Waals surface area contributed by atoms with Gasteiger partial charge in [-0.2, -0.15) is 0 Å². The van der Waals surface area contributed by atoms with Crippen LogP contribution >= 0.6 is 0 Å². The van der Waals surface area contributed by atoms with Crippen LogP contribution in [0.1, 0.15) is 19.4 Å². The summed E-state index contributed by atoms with van der Waals surface area (Å²) in [6.45, 7) is 4.01. The summed E-state index contributed by atoms with van der Waals surface area (Å²) in [5, 5.41) is 1.94. The van der Waals surface area contributed by atoms with Gasteiger partial charge in [-0.3, -0.25) is 4.21 Å². The lowest BCUT2D eigenvalue weighted by molar-refractivity contribution is 0.441. The highest BCUT2D eigenvalue weighted by atomic mass is 32.2. The third-order valence-electron chi connectivity index (χ3n) is 3.43. The highest BCUT2D eigenvalue weighted by Crippen LogP contribution is 2.31. The first-order valence-electron chi connectivity index (χ1n) is 6.14. The second kappa shape index (κ2) is 4.02. The molecule has 0 bridgehead atoms. The molecule has 3 rings (SSSR count). The molecule has 0 N–H and O–H groups in total. The molecular weight excluding hydrogens is 244 g/mol. The highest BCUT2D eigenvalue weighted by molar-refractivity contribution is 8.05. The van der Waals surface area contributed by atoms with Crippen molar-refractivity contribution in [3.05, 3.63) is 53.1 Å². The Morgan fingerprint density at radius 3 is 2.83 bits per heavy atom. The van der Waals surface area contributed by atoms with Crippen LogP contribution in [-0.2, 0) is 15.9 Å². The van der Waals surface area contributed by atoms with Crippen LogP contribution < -0.4 is 4.74 Å². The van der Waals surface area contributed by atoms with Crippen LogP contribution in [0.5, 0.6) is 5.75 Å². The van der Waals surface area contributed by atoms with Crippen LogP contribution in [0.4, 0.5) is 0 Å². The molecule has 2 nitrogen and oxygen atoms in total. The van der Waals surface area contributed by atoms with Gasteiger partial charge in [0, 0.05) is 21.2 Å². The van der Waals surface area contributed by atoms with E-state index in [0.29, 0.717) is 0 Å². The summed E-state index contributed by atoms with van der Waals surface area (Å²) in [5.41, 5.74) is 1.12. The summed E-state index contributed by atoms with van der Waals surface area (Å²) in [6.07, 6.45) is 4.50. The van der Waals surface area contributed by atoms with Gasteiger partial charge >= 0.3 is 0 Å². The smallest absolute Gasteiger partial charge is 0.139 e. The van der Waals surface area contributed by atoms with Crippen molar-refractivity contribution in [3.8, 4) is 5.75 Å². The molecule has 0 saturated heterocycles. The first kappa shape index (κ1) is 11.6. The van der Waals surface area contributed by atoms with Crippen molar-refractivity contribution in [1.82, 2.24) is 0 Å². The summed E-state index contributed by atoms with van der Waals surface area (Å²) in [4.78, 5) is 0.943. The van der Waals surface area contributed by atoms with Crippen LogP contribution in [-0.4, -0.2) is 14.3 Å². The van der Waals surface area contributed by atoms with Crippen molar-refractivity contribution in [2.24, 2.45) is 0 Å². The summed E-state index contributed by atoms with van der Waals surface area (Å²) >= 11 is 0. The standard InChI is InChI=1S/C15H16O2S/c1-11(2)18(16)9-5-8-14-15(18)10-12-6-3-4-7-13(12)17-14/h3-9,11H,10H2,1-2H3. The van der Waals surface area contributed by atoms with E-state index in [1.54, 1.807) is 0 Å². The Kier molecular flexibility index (Phi) is 2.59. The summed E-state index contributed by atoms with van der Waals surface area (Å²) in [5.74, 6) is 1.66. The zero-order chi connectivity index (χ0) is 12.8. The zero-order valence-electron chi connectivity index (χ0n) is 10.6. The maximum Gasteiger partial charge on any atom is 0.139 e. The molecular formula is C15H16O2S. The quantitative estimate of drug-likeness (QED) is 0.726. The lowest BCUT2D eigenvalue weighted by atomic mass is 10.0. The van der Waals surface area contributed by atoms with Crippen molar-refractivity contribution in [1.29, 1.82) is 0 Å². The molecule has 0 spiro atoms. The van der Waals surface area contributed by atoms with Crippen LogP contribution in [0.15, 0.2) is 47.6 Å². The van der Waals surface area contributed by atoms with E-state index >= 15 is 0 Å². The molecule has 1 aromatic carbocycles. The topological polar surface area (TPSA) is 26.3 Å². The Morgan fingerprint density at radius 1 is 1.28 bits per heavy atom. The molecule has 2 heterocycles. The van der Waals surface area contributed by atoms with Crippen molar-refractivity contribution in [3.63, 3.8) is 0 Å². The van der Waals surface area contributed by atoms with E-state index in [1.165, 1.54) is 0 Å². The Bertz CT molecular complexity index is 671. The fourth-order valence-electron chi connectivity index (χ4n) is 2.35. The van der Waals surface area contributed by atoms with Crippen molar-refractivity contribution in [2.45, 2.75) is 25.5 Å². The maximum absolute atomic E-state index is 13.0. The zero-order valence-corrected chi connectivity index (χ0v) is 11.4. The molecule has 0 aromatic heterocycles. The Balaban J connectivity index is 2.23. The molecule has 0 amide bonds. The molecule has 2 aliphatic heterocycles. The van der Waals surface area contributed by atoms with E-state index in [9.17, 15) is 4.21 Å². The summed E-state index contributed by atoms with van der Waals surface area (Å²) < 4.78 is 18.9. The van der Waals surface area contributed by atoms with Gasteiger partial charge < -0.3 is 4.74 Å². The minimum Gasteiger partial charge on any atom is -0.456 e. The third kappa shape index (κ3) is 1.62. The summed E-state index contributed by atoms with van der Waals surface area (Å²) in [6, 6.07) is 7.95. The van der Waals surface area contributed by atoms with Crippen molar-refractivity contribution < 1.29 is 8.95 Å². The second-order valence-corrected chi connectivity index (χ2v) is 7.87. The molecule has 0 saturated carbocycles. The van der Waals surface area contributed by atoms with Crippen molar-refractivity contribution in [2.75, 3.05) is 0 Å². The second-order valence-electron chi connectivity index (χ2n) is 4.87. The predicted octanol–water partition coefficient (Wildman–Crippen LogP) is 2.90. The Labute approximate surface area is 108 Å². The fraction of sp³-hybridized carbons (Fsp3) is 0.267. The van der Waals surface area contributed by atoms with Crippen LogP contribution in [0.2, 0.25) is 0 Å². The molecule has 0 aliphatic carbocycles. The van der Waals surface area contributed by atoms with Gasteiger partial charge in [0.2, 0.25) is 0 Å². The largest absolute Gasteiger partial charge is 0.456 e. The maximum atomic E-state index is 13.0. The average molecular weight is 260 g/mol. The molecule has 1 unspecified atom stereocenters. The average Bonchev–Trinajstić information content (AvgIpc) is 2.37. The highest BCUT2D eigenvalue weighted by Gasteiger charge is 2.28. The van der Waals surface area contributed by atoms with E-state index < -0.39 is 9.52 Å².